The van der Waals surface area contributed by atoms with E-state index in [1.807, 2.05) is 17.3 Å². The Balaban J connectivity index is 1.78. The summed E-state index contributed by atoms with van der Waals surface area (Å²) in [5.41, 5.74) is 3.35. The molecule has 1 N–H and O–H groups in total. The average Bonchev–Trinajstić information content (AvgIpc) is 3.00. The highest BCUT2D eigenvalue weighted by molar-refractivity contribution is 7.10. The van der Waals surface area contributed by atoms with E-state index in [-0.39, 0.29) is 18.0 Å². The minimum atomic E-state index is -0.143. The lowest BCUT2D eigenvalue weighted by Gasteiger charge is -2.30. The van der Waals surface area contributed by atoms with Crippen molar-refractivity contribution in [2.45, 2.75) is 18.5 Å². The monoisotopic (exact) mass is 259 g/mol. The Hall–Kier alpha value is -1.77. The Morgan fingerprint density at radius 3 is 3.17 bits per heavy atom. The van der Waals surface area contributed by atoms with Crippen LogP contribution in [0.3, 0.4) is 0 Å². The minimum absolute atomic E-state index is 0.0713. The molecule has 2 atom stereocenters. The number of amides is 1. The number of rotatable bonds is 2. The Bertz CT molecular complexity index is 517. The molecule has 18 heavy (non-hydrogen) atoms. The zero-order valence-corrected chi connectivity index (χ0v) is 10.6. The van der Waals surface area contributed by atoms with Gasteiger partial charge in [-0.2, -0.15) is 0 Å². The van der Waals surface area contributed by atoms with Crippen molar-refractivity contribution in [1.29, 1.82) is 0 Å². The summed E-state index contributed by atoms with van der Waals surface area (Å²) in [7, 11) is 0. The van der Waals surface area contributed by atoms with E-state index in [2.05, 4.69) is 22.8 Å². The third-order valence-electron chi connectivity index (χ3n) is 3.22. The van der Waals surface area contributed by atoms with E-state index < -0.39 is 0 Å². The fourth-order valence-electron chi connectivity index (χ4n) is 2.34. The predicted molar refractivity (Wildman–Crippen MR) is 70.1 cm³/mol. The molecule has 1 aromatic rings. The standard InChI is InChI=1S/C13H13N3OS/c1-2-5-15-6-7-16-11(13(15)17)9-10(14-16)12-4-3-8-18-12/h1,3-4,6-8,10-11,14H,5,9H2. The van der Waals surface area contributed by atoms with Crippen LogP contribution >= 0.6 is 11.3 Å². The van der Waals surface area contributed by atoms with E-state index in [0.717, 1.165) is 6.42 Å². The molecule has 0 aliphatic carbocycles. The third kappa shape index (κ3) is 1.80. The van der Waals surface area contributed by atoms with Gasteiger partial charge in [-0.15, -0.1) is 17.8 Å². The lowest BCUT2D eigenvalue weighted by Crippen LogP contribution is -2.47. The molecule has 2 aliphatic heterocycles. The van der Waals surface area contributed by atoms with Crippen LogP contribution in [-0.4, -0.2) is 28.4 Å². The molecule has 0 saturated carbocycles. The van der Waals surface area contributed by atoms with Crippen LogP contribution in [0.25, 0.3) is 0 Å². The normalized spacial score (nSPS) is 26.3. The van der Waals surface area contributed by atoms with Crippen LogP contribution in [0.15, 0.2) is 29.9 Å². The van der Waals surface area contributed by atoms with Crippen LogP contribution in [0.5, 0.6) is 0 Å². The maximum atomic E-state index is 12.2. The van der Waals surface area contributed by atoms with Crippen molar-refractivity contribution in [2.24, 2.45) is 0 Å². The second-order valence-corrected chi connectivity index (χ2v) is 5.30. The summed E-state index contributed by atoms with van der Waals surface area (Å²) in [5, 5.41) is 3.94. The largest absolute Gasteiger partial charge is 0.304 e. The van der Waals surface area contributed by atoms with E-state index in [0.29, 0.717) is 6.54 Å². The number of thiophene rings is 1. The van der Waals surface area contributed by atoms with Gasteiger partial charge in [-0.3, -0.25) is 4.79 Å². The van der Waals surface area contributed by atoms with E-state index in [1.165, 1.54) is 4.88 Å². The molecule has 92 valence electrons. The van der Waals surface area contributed by atoms with Crippen LogP contribution in [-0.2, 0) is 4.79 Å². The summed E-state index contributed by atoms with van der Waals surface area (Å²) >= 11 is 1.71. The van der Waals surface area contributed by atoms with Crippen molar-refractivity contribution in [1.82, 2.24) is 15.3 Å². The summed E-state index contributed by atoms with van der Waals surface area (Å²) in [4.78, 5) is 15.1. The number of carbonyl (C=O) groups excluding carboxylic acids is 1. The molecule has 0 spiro atoms. The van der Waals surface area contributed by atoms with Gasteiger partial charge in [-0.05, 0) is 11.4 Å². The smallest absolute Gasteiger partial charge is 0.251 e. The number of hydrazine groups is 1. The molecule has 2 unspecified atom stereocenters. The number of fused-ring (bicyclic) bond motifs is 1. The zero-order chi connectivity index (χ0) is 12.5. The first-order chi connectivity index (χ1) is 8.79. The van der Waals surface area contributed by atoms with Gasteiger partial charge in [0.15, 0.2) is 0 Å². The van der Waals surface area contributed by atoms with Gasteiger partial charge in [0.1, 0.15) is 6.04 Å². The average molecular weight is 259 g/mol. The predicted octanol–water partition coefficient (Wildman–Crippen LogP) is 1.31. The van der Waals surface area contributed by atoms with Crippen LogP contribution < -0.4 is 5.43 Å². The first-order valence-corrected chi connectivity index (χ1v) is 6.68. The van der Waals surface area contributed by atoms with Gasteiger partial charge in [0.25, 0.3) is 5.91 Å². The summed E-state index contributed by atoms with van der Waals surface area (Å²) < 4.78 is 0. The molecule has 1 fully saturated rings. The molecule has 1 saturated heterocycles. The summed E-state index contributed by atoms with van der Waals surface area (Å²) in [6.45, 7) is 0.337. The lowest BCUT2D eigenvalue weighted by atomic mass is 10.1. The number of hydrogen-bond acceptors (Lipinski definition) is 4. The fraction of sp³-hybridized carbons (Fsp3) is 0.308. The molecule has 0 aromatic carbocycles. The Labute approximate surface area is 110 Å². The van der Waals surface area contributed by atoms with Crippen molar-refractivity contribution >= 4 is 17.2 Å². The Morgan fingerprint density at radius 1 is 1.56 bits per heavy atom. The minimum Gasteiger partial charge on any atom is -0.304 e. The summed E-state index contributed by atoms with van der Waals surface area (Å²) in [6, 6.07) is 4.19. The molecule has 3 rings (SSSR count). The SMILES string of the molecule is C#CCN1C=CN2NC(c3cccs3)CC2C1=O. The van der Waals surface area contributed by atoms with Gasteiger partial charge in [0, 0.05) is 23.7 Å². The van der Waals surface area contributed by atoms with Crippen molar-refractivity contribution in [3.63, 3.8) is 0 Å². The fourth-order valence-corrected chi connectivity index (χ4v) is 3.13. The second-order valence-electron chi connectivity index (χ2n) is 4.32. The van der Waals surface area contributed by atoms with Gasteiger partial charge < -0.3 is 9.91 Å². The topological polar surface area (TPSA) is 35.6 Å². The third-order valence-corrected chi connectivity index (χ3v) is 4.21. The maximum Gasteiger partial charge on any atom is 0.251 e. The van der Waals surface area contributed by atoms with E-state index >= 15 is 0 Å². The van der Waals surface area contributed by atoms with E-state index in [9.17, 15) is 4.79 Å². The molecule has 3 heterocycles. The Kier molecular flexibility index (Phi) is 2.82. The van der Waals surface area contributed by atoms with Gasteiger partial charge in [-0.25, -0.2) is 5.43 Å². The molecule has 4 nitrogen and oxygen atoms in total. The molecule has 0 bridgehead atoms. The van der Waals surface area contributed by atoms with Crippen LogP contribution in [0.4, 0.5) is 0 Å². The van der Waals surface area contributed by atoms with Gasteiger partial charge in [-0.1, -0.05) is 12.0 Å². The van der Waals surface area contributed by atoms with Crippen molar-refractivity contribution in [2.75, 3.05) is 6.54 Å². The molecule has 5 heteroatoms. The Morgan fingerprint density at radius 2 is 2.44 bits per heavy atom. The van der Waals surface area contributed by atoms with Crippen LogP contribution in [0.1, 0.15) is 17.3 Å². The van der Waals surface area contributed by atoms with Gasteiger partial charge >= 0.3 is 0 Å². The van der Waals surface area contributed by atoms with Crippen LogP contribution in [0, 0.1) is 12.3 Å². The highest BCUT2D eigenvalue weighted by Crippen LogP contribution is 2.32. The molecular weight excluding hydrogens is 246 g/mol. The lowest BCUT2D eigenvalue weighted by molar-refractivity contribution is -0.133. The first kappa shape index (κ1) is 11.3. The molecule has 2 aliphatic rings. The van der Waals surface area contributed by atoms with E-state index in [4.69, 9.17) is 6.42 Å². The summed E-state index contributed by atoms with van der Waals surface area (Å²) in [5.74, 6) is 2.57. The van der Waals surface area contributed by atoms with Gasteiger partial charge in [0.05, 0.1) is 12.6 Å². The number of terminal acetylenes is 1. The molecule has 1 aromatic heterocycles. The maximum absolute atomic E-state index is 12.2. The van der Waals surface area contributed by atoms with Crippen molar-refractivity contribution in [3.8, 4) is 12.3 Å². The zero-order valence-electron chi connectivity index (χ0n) is 9.74. The quantitative estimate of drug-likeness (QED) is 0.814. The number of carbonyl (C=O) groups is 1. The summed E-state index contributed by atoms with van der Waals surface area (Å²) in [6.07, 6.45) is 9.66. The molecule has 0 radical (unpaired) electrons. The van der Waals surface area contributed by atoms with Crippen molar-refractivity contribution < 1.29 is 4.79 Å². The number of nitrogens with zero attached hydrogens (tertiary/aromatic N) is 2. The van der Waals surface area contributed by atoms with Crippen molar-refractivity contribution in [3.05, 3.63) is 34.8 Å². The molecular formula is C13H13N3OS. The highest BCUT2D eigenvalue weighted by atomic mass is 32.1. The van der Waals surface area contributed by atoms with Gasteiger partial charge in [0.2, 0.25) is 0 Å². The number of hydrogen-bond donors (Lipinski definition) is 1. The second kappa shape index (κ2) is 4.48. The number of nitrogens with one attached hydrogen (secondary N) is 1. The highest BCUT2D eigenvalue weighted by Gasteiger charge is 2.39. The van der Waals surface area contributed by atoms with E-state index in [1.54, 1.807) is 22.4 Å². The van der Waals surface area contributed by atoms with Crippen LogP contribution in [0.2, 0.25) is 0 Å². The first-order valence-electron chi connectivity index (χ1n) is 5.80. The molecule has 1 amide bonds.